The molecule has 1 aliphatic heterocycles. The van der Waals surface area contributed by atoms with E-state index >= 15 is 0 Å². The Labute approximate surface area is 196 Å². The number of hydrogen-bond acceptors (Lipinski definition) is 5. The van der Waals surface area contributed by atoms with Crippen LogP contribution in [0, 0.1) is 12.8 Å². The number of benzene rings is 1. The Hall–Kier alpha value is -2.58. The van der Waals surface area contributed by atoms with E-state index in [0.29, 0.717) is 17.5 Å². The summed E-state index contributed by atoms with van der Waals surface area (Å²) in [5.41, 5.74) is 2.53. The van der Waals surface area contributed by atoms with Gasteiger partial charge in [0, 0.05) is 42.5 Å². The molecule has 7 nitrogen and oxygen atoms in total. The Bertz CT molecular complexity index is 1240. The third kappa shape index (κ3) is 4.59. The normalized spacial score (nSPS) is 19.2. The standard InChI is InChI=1S/C25H31N5O2S/c1-17-11-13-29(14-12-17)33(32)21-8-9-22(18(2)15-21)27-25-26-16-19-7-10-23(31)30(24(19)28-25)20-5-3-4-6-20/h7-10,15-17,20H,3-6,11-14H2,1-2H3,(H,26,27,28). The summed E-state index contributed by atoms with van der Waals surface area (Å²) in [6.45, 7) is 6.00. The van der Waals surface area contributed by atoms with Crippen LogP contribution >= 0.6 is 0 Å². The number of pyridine rings is 1. The first kappa shape index (κ1) is 22.2. The zero-order chi connectivity index (χ0) is 22.9. The zero-order valence-corrected chi connectivity index (χ0v) is 20.1. The van der Waals surface area contributed by atoms with Crippen molar-refractivity contribution in [2.24, 2.45) is 5.92 Å². The van der Waals surface area contributed by atoms with E-state index in [-0.39, 0.29) is 11.6 Å². The maximum atomic E-state index is 13.0. The van der Waals surface area contributed by atoms with Crippen molar-refractivity contribution in [3.63, 3.8) is 0 Å². The second kappa shape index (κ2) is 9.35. The largest absolute Gasteiger partial charge is 0.324 e. The van der Waals surface area contributed by atoms with Gasteiger partial charge in [-0.2, -0.15) is 4.98 Å². The predicted molar refractivity (Wildman–Crippen MR) is 132 cm³/mol. The molecule has 0 spiro atoms. The molecule has 0 amide bonds. The predicted octanol–water partition coefficient (Wildman–Crippen LogP) is 4.71. The summed E-state index contributed by atoms with van der Waals surface area (Å²) in [5, 5.41) is 4.17. The van der Waals surface area contributed by atoms with Gasteiger partial charge in [0.25, 0.3) is 5.56 Å². The van der Waals surface area contributed by atoms with Crippen LogP contribution in [0.3, 0.4) is 0 Å². The first-order valence-electron chi connectivity index (χ1n) is 11.9. The van der Waals surface area contributed by atoms with E-state index in [4.69, 9.17) is 4.98 Å². The summed E-state index contributed by atoms with van der Waals surface area (Å²) < 4.78 is 16.9. The Balaban J connectivity index is 1.40. The van der Waals surface area contributed by atoms with Gasteiger partial charge in [0.15, 0.2) is 0 Å². The average Bonchev–Trinajstić information content (AvgIpc) is 3.34. The Morgan fingerprint density at radius 3 is 2.55 bits per heavy atom. The average molecular weight is 466 g/mol. The number of anilines is 2. The Kier molecular flexibility index (Phi) is 6.29. The molecule has 2 aliphatic rings. The van der Waals surface area contributed by atoms with E-state index in [1.54, 1.807) is 18.3 Å². The molecule has 1 saturated heterocycles. The first-order chi connectivity index (χ1) is 16.0. The summed E-state index contributed by atoms with van der Waals surface area (Å²) in [5.74, 6) is 1.17. The van der Waals surface area contributed by atoms with Gasteiger partial charge in [0.1, 0.15) is 16.6 Å². The van der Waals surface area contributed by atoms with E-state index in [9.17, 15) is 9.00 Å². The Morgan fingerprint density at radius 1 is 1.06 bits per heavy atom. The van der Waals surface area contributed by atoms with E-state index in [0.717, 1.165) is 73.1 Å². The topological polar surface area (TPSA) is 80.1 Å². The van der Waals surface area contributed by atoms with E-state index < -0.39 is 11.0 Å². The monoisotopic (exact) mass is 465 g/mol. The number of hydrogen-bond donors (Lipinski definition) is 1. The Morgan fingerprint density at radius 2 is 1.82 bits per heavy atom. The van der Waals surface area contributed by atoms with Gasteiger partial charge in [0.05, 0.1) is 4.90 Å². The van der Waals surface area contributed by atoms with Crippen molar-refractivity contribution in [2.75, 3.05) is 18.4 Å². The van der Waals surface area contributed by atoms with Gasteiger partial charge in [-0.3, -0.25) is 9.36 Å². The lowest BCUT2D eigenvalue weighted by molar-refractivity contribution is 0.299. The third-order valence-electron chi connectivity index (χ3n) is 6.98. The van der Waals surface area contributed by atoms with Crippen LogP contribution < -0.4 is 10.9 Å². The van der Waals surface area contributed by atoms with Crippen LogP contribution in [0.25, 0.3) is 11.0 Å². The molecule has 2 aromatic heterocycles. The quantitative estimate of drug-likeness (QED) is 0.590. The molecule has 33 heavy (non-hydrogen) atoms. The molecular formula is C25H31N5O2S. The van der Waals surface area contributed by atoms with Gasteiger partial charge in [0.2, 0.25) is 5.95 Å². The van der Waals surface area contributed by atoms with Crippen molar-refractivity contribution in [1.82, 2.24) is 18.8 Å². The third-order valence-corrected chi connectivity index (χ3v) is 8.47. The van der Waals surface area contributed by atoms with Crippen molar-refractivity contribution in [2.45, 2.75) is 63.3 Å². The number of piperidine rings is 1. The molecule has 0 bridgehead atoms. The fraction of sp³-hybridized carbons (Fsp3) is 0.480. The summed E-state index contributed by atoms with van der Waals surface area (Å²) in [4.78, 5) is 22.7. The van der Waals surface area contributed by atoms with Gasteiger partial charge in [-0.05, 0) is 68.4 Å². The summed E-state index contributed by atoms with van der Waals surface area (Å²) in [6, 6.07) is 9.45. The molecule has 8 heteroatoms. The highest BCUT2D eigenvalue weighted by Crippen LogP contribution is 2.31. The number of nitrogens with one attached hydrogen (secondary N) is 1. The molecular weight excluding hydrogens is 434 g/mol. The molecule has 1 aromatic carbocycles. The van der Waals surface area contributed by atoms with Crippen LogP contribution in [0.4, 0.5) is 11.6 Å². The summed E-state index contributed by atoms with van der Waals surface area (Å²) in [6.07, 6.45) is 8.27. The minimum absolute atomic E-state index is 0.00540. The van der Waals surface area contributed by atoms with Crippen LogP contribution in [0.1, 0.15) is 57.1 Å². The van der Waals surface area contributed by atoms with Crippen molar-refractivity contribution < 1.29 is 4.21 Å². The molecule has 5 rings (SSSR count). The molecule has 174 valence electrons. The van der Waals surface area contributed by atoms with Gasteiger partial charge in [-0.15, -0.1) is 0 Å². The fourth-order valence-electron chi connectivity index (χ4n) is 4.92. The van der Waals surface area contributed by atoms with Crippen molar-refractivity contribution in [3.05, 3.63) is 52.4 Å². The second-order valence-electron chi connectivity index (χ2n) is 9.41. The molecule has 0 radical (unpaired) electrons. The number of nitrogens with zero attached hydrogens (tertiary/aromatic N) is 4. The van der Waals surface area contributed by atoms with Crippen LogP contribution in [0.15, 0.2) is 46.2 Å². The van der Waals surface area contributed by atoms with Crippen molar-refractivity contribution in [1.29, 1.82) is 0 Å². The first-order valence-corrected chi connectivity index (χ1v) is 13.0. The highest BCUT2D eigenvalue weighted by atomic mass is 32.2. The summed E-state index contributed by atoms with van der Waals surface area (Å²) in [7, 11) is -1.14. The van der Waals surface area contributed by atoms with Crippen molar-refractivity contribution >= 4 is 33.7 Å². The van der Waals surface area contributed by atoms with Gasteiger partial charge in [-0.1, -0.05) is 19.8 Å². The number of aromatic nitrogens is 3. The lowest BCUT2D eigenvalue weighted by Crippen LogP contribution is -2.34. The lowest BCUT2D eigenvalue weighted by atomic mass is 10.0. The smallest absolute Gasteiger partial charge is 0.252 e. The van der Waals surface area contributed by atoms with Crippen LogP contribution in [-0.2, 0) is 11.0 Å². The minimum Gasteiger partial charge on any atom is -0.324 e. The fourth-order valence-corrected chi connectivity index (χ4v) is 6.22. The summed E-state index contributed by atoms with van der Waals surface area (Å²) >= 11 is 0. The van der Waals surface area contributed by atoms with E-state index in [1.165, 1.54) is 0 Å². The zero-order valence-electron chi connectivity index (χ0n) is 19.3. The van der Waals surface area contributed by atoms with Crippen molar-refractivity contribution in [3.8, 4) is 0 Å². The molecule has 1 atom stereocenters. The van der Waals surface area contributed by atoms with Crippen LogP contribution in [0.5, 0.6) is 0 Å². The molecule has 3 aromatic rings. The number of aryl methyl sites for hydroxylation is 1. The highest BCUT2D eigenvalue weighted by molar-refractivity contribution is 7.82. The molecule has 2 fully saturated rings. The molecule has 1 aliphatic carbocycles. The lowest BCUT2D eigenvalue weighted by Gasteiger charge is -2.29. The van der Waals surface area contributed by atoms with E-state index in [2.05, 4.69) is 21.5 Å². The molecule has 3 heterocycles. The number of rotatable bonds is 5. The number of fused-ring (bicyclic) bond motifs is 1. The van der Waals surface area contributed by atoms with Crippen LogP contribution in [-0.4, -0.2) is 36.1 Å². The van der Waals surface area contributed by atoms with Gasteiger partial charge >= 0.3 is 0 Å². The second-order valence-corrected chi connectivity index (χ2v) is 10.9. The van der Waals surface area contributed by atoms with Crippen LogP contribution in [0.2, 0.25) is 0 Å². The molecule has 1 N–H and O–H groups in total. The SMILES string of the molecule is Cc1cc(S(=O)N2CCC(C)CC2)ccc1Nc1ncc2ccc(=O)n(C3CCCC3)c2n1. The maximum absolute atomic E-state index is 13.0. The molecule has 1 saturated carbocycles. The van der Waals surface area contributed by atoms with E-state index in [1.807, 2.05) is 29.7 Å². The maximum Gasteiger partial charge on any atom is 0.252 e. The van der Waals surface area contributed by atoms with Gasteiger partial charge < -0.3 is 5.32 Å². The minimum atomic E-state index is -1.14. The van der Waals surface area contributed by atoms with Gasteiger partial charge in [-0.25, -0.2) is 13.5 Å². The molecule has 1 unspecified atom stereocenters. The highest BCUT2D eigenvalue weighted by Gasteiger charge is 2.22.